The smallest absolute Gasteiger partial charge is 0.236 e. The summed E-state index contributed by atoms with van der Waals surface area (Å²) < 4.78 is 0. The molecule has 4 amide bonds. The van der Waals surface area contributed by atoms with Crippen LogP contribution in [0, 0.1) is 0 Å². The van der Waals surface area contributed by atoms with Gasteiger partial charge >= 0.3 is 0 Å². The molecule has 0 aliphatic rings. The van der Waals surface area contributed by atoms with Gasteiger partial charge in [0.05, 0.1) is 12.1 Å². The van der Waals surface area contributed by atoms with Crippen molar-refractivity contribution in [3.8, 4) is 0 Å². The summed E-state index contributed by atoms with van der Waals surface area (Å²) in [5.41, 5.74) is 12.2. The monoisotopic (exact) mass is 901 g/mol. The maximum Gasteiger partial charge on any atom is 0.236 e. The number of allylic oxidation sites excluding steroid dienone is 4. The number of carbonyl (C=O) groups excluding carboxylic acids is 4. The summed E-state index contributed by atoms with van der Waals surface area (Å²) in [5.74, 6) is -0.193. The first-order chi connectivity index (χ1) is 31.3. The molecule has 0 saturated heterocycles. The highest BCUT2D eigenvalue weighted by atomic mass is 16.2. The van der Waals surface area contributed by atoms with Crippen molar-refractivity contribution in [1.82, 2.24) is 21.3 Å². The molecule has 0 rings (SSSR count). The van der Waals surface area contributed by atoms with E-state index < -0.39 is 12.1 Å². The van der Waals surface area contributed by atoms with Crippen LogP contribution in [0.3, 0.4) is 0 Å². The van der Waals surface area contributed by atoms with Crippen LogP contribution in [0.5, 0.6) is 0 Å². The molecule has 0 saturated carbocycles. The van der Waals surface area contributed by atoms with Crippen LogP contribution in [-0.4, -0.2) is 61.9 Å². The summed E-state index contributed by atoms with van der Waals surface area (Å²) in [7, 11) is 0. The predicted molar refractivity (Wildman–Crippen MR) is 273 cm³/mol. The minimum atomic E-state index is -0.512. The first kappa shape index (κ1) is 61.3. The quantitative estimate of drug-likeness (QED) is 0.0262. The third kappa shape index (κ3) is 45.8. The molecule has 0 aromatic rings. The molecule has 374 valence electrons. The van der Waals surface area contributed by atoms with Crippen LogP contribution < -0.4 is 32.7 Å². The van der Waals surface area contributed by atoms with Crippen LogP contribution in [0.1, 0.15) is 258 Å². The second kappa shape index (κ2) is 49.7. The molecule has 0 fully saturated rings. The van der Waals surface area contributed by atoms with Gasteiger partial charge in [-0.25, -0.2) is 0 Å². The van der Waals surface area contributed by atoms with Crippen LogP contribution in [0.4, 0.5) is 0 Å². The number of hydrogen-bond acceptors (Lipinski definition) is 6. The lowest BCUT2D eigenvalue weighted by atomic mass is 10.1. The first-order valence-electron chi connectivity index (χ1n) is 27.2. The van der Waals surface area contributed by atoms with Crippen molar-refractivity contribution in [2.45, 2.75) is 270 Å². The Hall–Kier alpha value is -2.72. The summed E-state index contributed by atoms with van der Waals surface area (Å²) in [6.45, 7) is 7.02. The lowest BCUT2D eigenvalue weighted by Gasteiger charge is -2.12. The Morgan fingerprint density at radius 3 is 0.938 bits per heavy atom. The lowest BCUT2D eigenvalue weighted by molar-refractivity contribution is -0.123. The second-order valence-electron chi connectivity index (χ2n) is 18.6. The third-order valence-corrected chi connectivity index (χ3v) is 12.2. The predicted octanol–water partition coefficient (Wildman–Crippen LogP) is 12.1. The second-order valence-corrected chi connectivity index (χ2v) is 18.6. The Morgan fingerprint density at radius 1 is 0.344 bits per heavy atom. The number of hydrogen-bond donors (Lipinski definition) is 6. The zero-order chi connectivity index (χ0) is 46.8. The fourth-order valence-corrected chi connectivity index (χ4v) is 7.87. The van der Waals surface area contributed by atoms with Gasteiger partial charge in [-0.1, -0.05) is 154 Å². The van der Waals surface area contributed by atoms with Gasteiger partial charge in [0.1, 0.15) is 0 Å². The highest BCUT2D eigenvalue weighted by Gasteiger charge is 2.13. The fraction of sp³-hybridized carbons (Fsp3) is 0.852. The van der Waals surface area contributed by atoms with E-state index in [9.17, 15) is 19.2 Å². The fourth-order valence-electron chi connectivity index (χ4n) is 7.87. The molecule has 8 N–H and O–H groups in total. The van der Waals surface area contributed by atoms with Crippen LogP contribution in [0.25, 0.3) is 0 Å². The van der Waals surface area contributed by atoms with Gasteiger partial charge in [-0.15, -0.1) is 0 Å². The third-order valence-electron chi connectivity index (χ3n) is 12.2. The van der Waals surface area contributed by atoms with Gasteiger partial charge in [-0.05, 0) is 116 Å². The van der Waals surface area contributed by atoms with Gasteiger partial charge in [0.25, 0.3) is 0 Å². The van der Waals surface area contributed by atoms with Gasteiger partial charge in [0.15, 0.2) is 0 Å². The van der Waals surface area contributed by atoms with Gasteiger partial charge < -0.3 is 32.7 Å². The van der Waals surface area contributed by atoms with E-state index in [0.29, 0.717) is 64.7 Å². The van der Waals surface area contributed by atoms with Gasteiger partial charge in [0, 0.05) is 39.0 Å². The molecule has 0 spiro atoms. The maximum absolute atomic E-state index is 12.4. The largest absolute Gasteiger partial charge is 0.356 e. The number of amides is 4. The van der Waals surface area contributed by atoms with Crippen molar-refractivity contribution in [3.05, 3.63) is 24.3 Å². The zero-order valence-corrected chi connectivity index (χ0v) is 42.0. The highest BCUT2D eigenvalue weighted by Crippen LogP contribution is 2.12. The van der Waals surface area contributed by atoms with E-state index in [0.717, 1.165) is 51.4 Å². The Bertz CT molecular complexity index is 1050. The molecule has 0 aromatic heterocycles. The molecule has 0 bridgehead atoms. The summed E-state index contributed by atoms with van der Waals surface area (Å²) >= 11 is 0. The molecule has 0 aliphatic heterocycles. The van der Waals surface area contributed by atoms with Crippen molar-refractivity contribution >= 4 is 23.6 Å². The minimum absolute atomic E-state index is 0.0125. The van der Waals surface area contributed by atoms with Gasteiger partial charge in [-0.2, -0.15) is 0 Å². The number of carbonyl (C=O) groups is 4. The molecule has 10 nitrogen and oxygen atoms in total. The van der Waals surface area contributed by atoms with E-state index in [2.05, 4.69) is 59.4 Å². The molecule has 0 aliphatic carbocycles. The highest BCUT2D eigenvalue weighted by molar-refractivity contribution is 5.81. The molecule has 0 radical (unpaired) electrons. The molecule has 2 unspecified atom stereocenters. The average molecular weight is 901 g/mol. The lowest BCUT2D eigenvalue weighted by Crippen LogP contribution is -2.41. The van der Waals surface area contributed by atoms with Crippen LogP contribution in [0.2, 0.25) is 0 Å². The molecule has 2 atom stereocenters. The Kier molecular flexibility index (Phi) is 47.6. The molecular weight excluding hydrogens is 797 g/mol. The molecule has 0 heterocycles. The molecule has 64 heavy (non-hydrogen) atoms. The average Bonchev–Trinajstić information content (AvgIpc) is 3.29. The van der Waals surface area contributed by atoms with Crippen molar-refractivity contribution in [2.75, 3.05) is 26.2 Å². The summed E-state index contributed by atoms with van der Waals surface area (Å²) in [5, 5.41) is 11.8. The summed E-state index contributed by atoms with van der Waals surface area (Å²) in [6, 6.07) is -1.02. The Balaban J connectivity index is 3.56. The number of nitrogens with one attached hydrogen (secondary N) is 4. The van der Waals surface area contributed by atoms with Crippen LogP contribution in [-0.2, 0) is 19.2 Å². The van der Waals surface area contributed by atoms with E-state index in [-0.39, 0.29) is 23.6 Å². The maximum atomic E-state index is 12.4. The first-order valence-corrected chi connectivity index (χ1v) is 27.2. The Labute approximate surface area is 394 Å². The van der Waals surface area contributed by atoms with E-state index in [1.54, 1.807) is 0 Å². The van der Waals surface area contributed by atoms with E-state index in [1.165, 1.54) is 154 Å². The van der Waals surface area contributed by atoms with Gasteiger partial charge in [0.2, 0.25) is 23.6 Å². The Morgan fingerprint density at radius 2 is 0.609 bits per heavy atom. The molecular formula is C54H104N6O4. The van der Waals surface area contributed by atoms with Crippen molar-refractivity contribution in [1.29, 1.82) is 0 Å². The molecule has 0 aromatic carbocycles. The van der Waals surface area contributed by atoms with E-state index in [1.807, 2.05) is 0 Å². The van der Waals surface area contributed by atoms with Crippen LogP contribution >= 0.6 is 0 Å². The van der Waals surface area contributed by atoms with Crippen molar-refractivity contribution < 1.29 is 19.2 Å². The minimum Gasteiger partial charge on any atom is -0.356 e. The summed E-state index contributed by atoms with van der Waals surface area (Å²) in [6.07, 6.45) is 51.3. The van der Waals surface area contributed by atoms with E-state index >= 15 is 0 Å². The standard InChI is InChI=1S/C54H104N6O4/c1-3-5-7-9-11-13-15-17-19-21-23-25-27-29-31-37-47-59-53(63)49(55)41-35-39-45-57-51(61)43-33-34-44-52(62)58-46-40-36-42-50(56)54(64)60-48-38-32-30-28-26-24-22-20-18-16-14-12-10-8-6-4-2/h17-20,49-50H,3-16,21-48,55-56H2,1-2H3,(H,57,61)(H,58,62)(H,59,63)(H,60,64)/b19-17-,20-18-. The number of rotatable bonds is 49. The zero-order valence-electron chi connectivity index (χ0n) is 42.0. The van der Waals surface area contributed by atoms with Crippen molar-refractivity contribution in [3.63, 3.8) is 0 Å². The SMILES string of the molecule is CCCCCCCC/C=C\CCCCCCCCNC(=O)C(N)CCCCNC(=O)CCCCC(=O)NCCCCC(N)C(=O)NCCCCCCCC/C=C\CCCCCCCC. The van der Waals surface area contributed by atoms with Crippen molar-refractivity contribution in [2.24, 2.45) is 11.5 Å². The van der Waals surface area contributed by atoms with E-state index in [4.69, 9.17) is 11.5 Å². The van der Waals surface area contributed by atoms with Crippen LogP contribution in [0.15, 0.2) is 24.3 Å². The normalized spacial score (nSPS) is 12.5. The number of nitrogens with two attached hydrogens (primary N) is 2. The number of unbranched alkanes of at least 4 members (excludes halogenated alkanes) is 27. The topological polar surface area (TPSA) is 168 Å². The molecule has 10 heteroatoms. The summed E-state index contributed by atoms with van der Waals surface area (Å²) in [4.78, 5) is 49.2. The van der Waals surface area contributed by atoms with Gasteiger partial charge in [-0.3, -0.25) is 19.2 Å².